The Morgan fingerprint density at radius 3 is 2.75 bits per heavy atom. The molecule has 0 saturated heterocycles. The predicted molar refractivity (Wildman–Crippen MR) is 106 cm³/mol. The topological polar surface area (TPSA) is 12.4 Å². The van der Waals surface area contributed by atoms with Gasteiger partial charge in [-0.2, -0.15) is 0 Å². The summed E-state index contributed by atoms with van der Waals surface area (Å²) in [5, 5.41) is 3.22. The van der Waals surface area contributed by atoms with Gasteiger partial charge in [-0.25, -0.2) is 0 Å². The smallest absolute Gasteiger partial charge is 0.0769 e. The van der Waals surface area contributed by atoms with E-state index in [-0.39, 0.29) is 5.25 Å². The van der Waals surface area contributed by atoms with E-state index in [4.69, 9.17) is 16.6 Å². The Bertz CT molecular complexity index is 900. The molecule has 4 heteroatoms. The van der Waals surface area contributed by atoms with Gasteiger partial charge >= 0.3 is 0 Å². The van der Waals surface area contributed by atoms with Crippen LogP contribution >= 0.6 is 34.7 Å². The Kier molecular flexibility index (Phi) is 4.49. The molecule has 0 amide bonds. The highest BCUT2D eigenvalue weighted by atomic mass is 35.5. The van der Waals surface area contributed by atoms with Gasteiger partial charge in [-0.15, -0.1) is 23.1 Å². The fourth-order valence-corrected chi connectivity index (χ4v) is 5.31. The van der Waals surface area contributed by atoms with Gasteiger partial charge in [0.1, 0.15) is 0 Å². The number of rotatable bonds is 2. The van der Waals surface area contributed by atoms with E-state index in [2.05, 4.69) is 60.8 Å². The van der Waals surface area contributed by atoms with Crippen LogP contribution in [0.25, 0.3) is 0 Å². The summed E-state index contributed by atoms with van der Waals surface area (Å²) >= 11 is 10.2. The molecule has 0 aliphatic carbocycles. The van der Waals surface area contributed by atoms with E-state index in [1.165, 1.54) is 20.9 Å². The second kappa shape index (κ2) is 6.75. The van der Waals surface area contributed by atoms with Gasteiger partial charge in [0.2, 0.25) is 0 Å². The summed E-state index contributed by atoms with van der Waals surface area (Å²) in [5.41, 5.74) is 4.57. The van der Waals surface area contributed by atoms with Crippen LogP contribution in [0.1, 0.15) is 27.7 Å². The van der Waals surface area contributed by atoms with Crippen LogP contribution < -0.4 is 0 Å². The Labute approximate surface area is 155 Å². The van der Waals surface area contributed by atoms with Gasteiger partial charge in [0.05, 0.1) is 11.4 Å². The van der Waals surface area contributed by atoms with E-state index in [1.807, 2.05) is 17.8 Å². The van der Waals surface area contributed by atoms with E-state index in [0.29, 0.717) is 0 Å². The summed E-state index contributed by atoms with van der Waals surface area (Å²) in [7, 11) is 0. The number of nitrogens with zero attached hydrogens (tertiary/aromatic N) is 1. The van der Waals surface area contributed by atoms with Crippen molar-refractivity contribution < 1.29 is 0 Å². The third-order valence-corrected chi connectivity index (χ3v) is 6.63. The molecule has 0 radical (unpaired) electrons. The number of para-hydroxylation sites is 1. The largest absolute Gasteiger partial charge is 0.251 e. The molecule has 3 aromatic rings. The summed E-state index contributed by atoms with van der Waals surface area (Å²) in [4.78, 5) is 7.42. The predicted octanol–water partition coefficient (Wildman–Crippen LogP) is 7.07. The Morgan fingerprint density at radius 1 is 1.08 bits per heavy atom. The van der Waals surface area contributed by atoms with Crippen molar-refractivity contribution in [1.29, 1.82) is 0 Å². The van der Waals surface area contributed by atoms with Crippen molar-refractivity contribution in [3.05, 3.63) is 81.0 Å². The number of benzene rings is 2. The minimum Gasteiger partial charge on any atom is -0.251 e. The van der Waals surface area contributed by atoms with Gasteiger partial charge in [0.15, 0.2) is 0 Å². The van der Waals surface area contributed by atoms with Gasteiger partial charge in [0, 0.05) is 26.5 Å². The van der Waals surface area contributed by atoms with E-state index in [0.717, 1.165) is 22.8 Å². The fraction of sp³-hybridized carbons (Fsp3) is 0.150. The molecule has 1 aliphatic rings. The minimum atomic E-state index is 0.266. The van der Waals surface area contributed by atoms with Crippen molar-refractivity contribution in [2.45, 2.75) is 23.5 Å². The average molecular weight is 370 g/mol. The van der Waals surface area contributed by atoms with Crippen molar-refractivity contribution in [2.75, 3.05) is 0 Å². The van der Waals surface area contributed by atoms with Crippen LogP contribution in [0.2, 0.25) is 5.02 Å². The van der Waals surface area contributed by atoms with Gasteiger partial charge in [-0.05, 0) is 47.7 Å². The Balaban J connectivity index is 1.81. The van der Waals surface area contributed by atoms with Crippen LogP contribution in [-0.4, -0.2) is 5.71 Å². The van der Waals surface area contributed by atoms with Gasteiger partial charge in [0.25, 0.3) is 0 Å². The zero-order chi connectivity index (χ0) is 16.5. The van der Waals surface area contributed by atoms with E-state index in [1.54, 1.807) is 11.3 Å². The van der Waals surface area contributed by atoms with Crippen LogP contribution in [0, 0.1) is 6.92 Å². The van der Waals surface area contributed by atoms with Crippen LogP contribution in [0.3, 0.4) is 0 Å². The van der Waals surface area contributed by atoms with Crippen molar-refractivity contribution in [3.8, 4) is 0 Å². The number of thioether (sulfide) groups is 1. The first-order valence-corrected chi connectivity index (χ1v) is 9.97. The number of halogens is 1. The second-order valence-electron chi connectivity index (χ2n) is 5.84. The summed E-state index contributed by atoms with van der Waals surface area (Å²) in [6.45, 7) is 2.07. The highest BCUT2D eigenvalue weighted by molar-refractivity contribution is 7.99. The van der Waals surface area contributed by atoms with Crippen LogP contribution in [0.4, 0.5) is 5.69 Å². The molecule has 0 fully saturated rings. The number of hydrogen-bond acceptors (Lipinski definition) is 3. The standard InChI is InChI=1S/C20H16ClNS2/c1-13-8-9-14(15(21)11-13)20-12-17(18-7-4-10-23-18)22-16-5-2-3-6-19(16)24-20/h2-11,20H,12H2,1H3. The van der Waals surface area contributed by atoms with E-state index < -0.39 is 0 Å². The Morgan fingerprint density at radius 2 is 1.96 bits per heavy atom. The molecule has 1 aromatic heterocycles. The lowest BCUT2D eigenvalue weighted by molar-refractivity contribution is 1.01. The first kappa shape index (κ1) is 15.9. The number of fused-ring (bicyclic) bond motifs is 1. The van der Waals surface area contributed by atoms with Crippen molar-refractivity contribution >= 4 is 46.1 Å². The first-order valence-electron chi connectivity index (χ1n) is 7.84. The maximum absolute atomic E-state index is 6.57. The molecule has 0 N–H and O–H groups in total. The molecule has 24 heavy (non-hydrogen) atoms. The quantitative estimate of drug-likeness (QED) is 0.470. The maximum Gasteiger partial charge on any atom is 0.0769 e. The van der Waals surface area contributed by atoms with Gasteiger partial charge < -0.3 is 0 Å². The SMILES string of the molecule is Cc1ccc(C2CC(c3cccs3)=Nc3ccccc3S2)c(Cl)c1. The molecular weight excluding hydrogens is 354 g/mol. The van der Waals surface area contributed by atoms with Gasteiger partial charge in [-0.1, -0.05) is 41.9 Å². The third kappa shape index (κ3) is 3.16. The van der Waals surface area contributed by atoms with Crippen molar-refractivity contribution in [3.63, 3.8) is 0 Å². The normalized spacial score (nSPS) is 17.1. The van der Waals surface area contributed by atoms with E-state index >= 15 is 0 Å². The van der Waals surface area contributed by atoms with Crippen molar-refractivity contribution in [2.24, 2.45) is 4.99 Å². The molecule has 0 saturated carbocycles. The van der Waals surface area contributed by atoms with Crippen LogP contribution in [0.5, 0.6) is 0 Å². The summed E-state index contributed by atoms with van der Waals surface area (Å²) < 4.78 is 0. The maximum atomic E-state index is 6.57. The lowest BCUT2D eigenvalue weighted by Crippen LogP contribution is -2.04. The first-order chi connectivity index (χ1) is 11.7. The number of aliphatic imine (C=N–C) groups is 1. The second-order valence-corrected chi connectivity index (χ2v) is 8.44. The third-order valence-electron chi connectivity index (χ3n) is 4.08. The van der Waals surface area contributed by atoms with E-state index in [9.17, 15) is 0 Å². The Hall–Kier alpha value is -1.55. The zero-order valence-corrected chi connectivity index (χ0v) is 15.6. The number of aryl methyl sites for hydroxylation is 1. The molecule has 1 unspecified atom stereocenters. The summed E-state index contributed by atoms with van der Waals surface area (Å²) in [5.74, 6) is 0. The fourth-order valence-electron chi connectivity index (χ4n) is 2.88. The zero-order valence-electron chi connectivity index (χ0n) is 13.2. The highest BCUT2D eigenvalue weighted by Crippen LogP contribution is 2.47. The average Bonchev–Trinajstić information content (AvgIpc) is 3.03. The molecule has 0 bridgehead atoms. The monoisotopic (exact) mass is 369 g/mol. The molecule has 0 spiro atoms. The summed E-state index contributed by atoms with van der Waals surface area (Å²) in [6.07, 6.45) is 0.878. The number of thiophene rings is 1. The molecule has 120 valence electrons. The van der Waals surface area contributed by atoms with Crippen LogP contribution in [0.15, 0.2) is 69.9 Å². The molecular formula is C20H16ClNS2. The lowest BCUT2D eigenvalue weighted by Gasteiger charge is -2.17. The lowest BCUT2D eigenvalue weighted by atomic mass is 10.0. The highest BCUT2D eigenvalue weighted by Gasteiger charge is 2.24. The number of hydrogen-bond donors (Lipinski definition) is 0. The molecule has 1 nitrogen and oxygen atoms in total. The molecule has 2 aromatic carbocycles. The molecule has 2 heterocycles. The van der Waals surface area contributed by atoms with Crippen LogP contribution in [-0.2, 0) is 0 Å². The molecule has 1 atom stereocenters. The molecule has 4 rings (SSSR count). The van der Waals surface area contributed by atoms with Gasteiger partial charge in [-0.3, -0.25) is 4.99 Å². The molecule has 1 aliphatic heterocycles. The summed E-state index contributed by atoms with van der Waals surface area (Å²) in [6, 6.07) is 19.0. The van der Waals surface area contributed by atoms with Crippen molar-refractivity contribution in [1.82, 2.24) is 0 Å². The minimum absolute atomic E-state index is 0.266.